The van der Waals surface area contributed by atoms with Gasteiger partial charge in [0.15, 0.2) is 0 Å². The fraction of sp³-hybridized carbons (Fsp3) is 0. The maximum atomic E-state index is 9.27. The molecule has 0 radical (unpaired) electrons. The van der Waals surface area contributed by atoms with E-state index in [1.807, 2.05) is 0 Å². The number of halogens is 2. The molecule has 2 aromatic carbocycles. The van der Waals surface area contributed by atoms with Crippen molar-refractivity contribution >= 4 is 40.5 Å². The number of nitrogens with zero attached hydrogens (tertiary/aromatic N) is 2. The van der Waals surface area contributed by atoms with Crippen molar-refractivity contribution in [2.24, 2.45) is 0 Å². The molecular weight excluding hydrogens is 351 g/mol. The van der Waals surface area contributed by atoms with Crippen LogP contribution in [0.15, 0.2) is 54.6 Å². The van der Waals surface area contributed by atoms with Crippen LogP contribution < -0.4 is 11.1 Å². The number of aromatic nitrogens is 2. The first-order valence-electron chi connectivity index (χ1n) is 6.73. The summed E-state index contributed by atoms with van der Waals surface area (Å²) in [6, 6.07) is 14.5. The van der Waals surface area contributed by atoms with Gasteiger partial charge in [0.25, 0.3) is 0 Å². The van der Waals surface area contributed by atoms with Crippen LogP contribution in [-0.2, 0) is 0 Å². The molecule has 24 heavy (non-hydrogen) atoms. The lowest BCUT2D eigenvalue weighted by atomic mass is 10.3. The third-order valence-corrected chi connectivity index (χ3v) is 3.02. The molecule has 0 aliphatic carbocycles. The molecular formula is C16H14Cl2N4O2. The molecule has 1 heterocycles. The molecule has 5 N–H and O–H groups in total. The van der Waals surface area contributed by atoms with Gasteiger partial charge >= 0.3 is 0 Å². The maximum Gasteiger partial charge on any atom is 0.230 e. The van der Waals surface area contributed by atoms with Crippen LogP contribution in [-0.4, -0.2) is 20.2 Å². The Morgan fingerprint density at radius 3 is 1.92 bits per heavy atom. The van der Waals surface area contributed by atoms with Crippen LogP contribution in [0.1, 0.15) is 0 Å². The summed E-state index contributed by atoms with van der Waals surface area (Å²) in [5.74, 6) is 0.645. The van der Waals surface area contributed by atoms with E-state index in [0.717, 1.165) is 0 Å². The van der Waals surface area contributed by atoms with Crippen LogP contribution in [0.4, 0.5) is 17.3 Å². The van der Waals surface area contributed by atoms with E-state index in [1.54, 1.807) is 36.4 Å². The lowest BCUT2D eigenvalue weighted by Crippen LogP contribution is -1.97. The van der Waals surface area contributed by atoms with Crippen molar-refractivity contribution in [3.05, 3.63) is 64.9 Å². The molecule has 3 rings (SSSR count). The minimum Gasteiger partial charge on any atom is -0.508 e. The van der Waals surface area contributed by atoms with Crippen LogP contribution in [0.3, 0.4) is 0 Å². The standard InChI is InChI=1S/C10H7Cl2N3O.C6H7NO/c11-8-5-9(12)15-10(14-8)13-6-2-1-3-7(16)4-6;7-5-2-1-3-6(8)4-5/h1-5,16H,(H,13,14,15);1-4,8H,7H2. The molecule has 8 heteroatoms. The molecule has 3 aromatic rings. The molecule has 0 aliphatic heterocycles. The minimum atomic E-state index is 0.151. The Hall–Kier alpha value is -2.70. The number of aromatic hydroxyl groups is 2. The van der Waals surface area contributed by atoms with Gasteiger partial charge in [-0.05, 0) is 24.3 Å². The average Bonchev–Trinajstić information content (AvgIpc) is 2.46. The molecule has 6 nitrogen and oxygen atoms in total. The van der Waals surface area contributed by atoms with Gasteiger partial charge in [-0.3, -0.25) is 0 Å². The van der Waals surface area contributed by atoms with E-state index >= 15 is 0 Å². The van der Waals surface area contributed by atoms with Gasteiger partial charge in [0, 0.05) is 29.6 Å². The van der Waals surface area contributed by atoms with Crippen molar-refractivity contribution in [3.8, 4) is 11.5 Å². The Labute approximate surface area is 148 Å². The second-order valence-electron chi connectivity index (χ2n) is 4.61. The predicted molar refractivity (Wildman–Crippen MR) is 96.0 cm³/mol. The molecule has 0 saturated carbocycles. The molecule has 0 bridgehead atoms. The van der Waals surface area contributed by atoms with Gasteiger partial charge in [0.05, 0.1) is 0 Å². The van der Waals surface area contributed by atoms with E-state index < -0.39 is 0 Å². The fourth-order valence-corrected chi connectivity index (χ4v) is 2.11. The summed E-state index contributed by atoms with van der Waals surface area (Å²) < 4.78 is 0. The van der Waals surface area contributed by atoms with E-state index in [0.29, 0.717) is 11.4 Å². The summed E-state index contributed by atoms with van der Waals surface area (Å²) in [5.41, 5.74) is 6.54. The van der Waals surface area contributed by atoms with E-state index in [2.05, 4.69) is 15.3 Å². The molecule has 0 unspecified atom stereocenters. The highest BCUT2D eigenvalue weighted by atomic mass is 35.5. The topological polar surface area (TPSA) is 104 Å². The van der Waals surface area contributed by atoms with E-state index in [4.69, 9.17) is 34.0 Å². The first kappa shape index (κ1) is 17.7. The Morgan fingerprint density at radius 2 is 1.42 bits per heavy atom. The van der Waals surface area contributed by atoms with Crippen molar-refractivity contribution in [3.63, 3.8) is 0 Å². The van der Waals surface area contributed by atoms with Crippen molar-refractivity contribution in [2.45, 2.75) is 0 Å². The number of anilines is 3. The summed E-state index contributed by atoms with van der Waals surface area (Å²) in [6.07, 6.45) is 0. The highest BCUT2D eigenvalue weighted by molar-refractivity contribution is 6.33. The van der Waals surface area contributed by atoms with Gasteiger partial charge in [0.1, 0.15) is 21.8 Å². The van der Waals surface area contributed by atoms with Gasteiger partial charge in [-0.1, -0.05) is 35.3 Å². The van der Waals surface area contributed by atoms with Gasteiger partial charge < -0.3 is 21.3 Å². The van der Waals surface area contributed by atoms with E-state index in [9.17, 15) is 5.11 Å². The Balaban J connectivity index is 0.000000219. The maximum absolute atomic E-state index is 9.27. The Bertz CT molecular complexity index is 793. The monoisotopic (exact) mass is 364 g/mol. The predicted octanol–water partition coefficient (Wildman–Crippen LogP) is 4.21. The smallest absolute Gasteiger partial charge is 0.230 e. The van der Waals surface area contributed by atoms with E-state index in [-0.39, 0.29) is 27.8 Å². The van der Waals surface area contributed by atoms with Gasteiger partial charge in [-0.15, -0.1) is 0 Å². The van der Waals surface area contributed by atoms with Gasteiger partial charge in [0.2, 0.25) is 5.95 Å². The van der Waals surface area contributed by atoms with Crippen LogP contribution in [0.2, 0.25) is 10.3 Å². The van der Waals surface area contributed by atoms with Crippen molar-refractivity contribution in [1.82, 2.24) is 9.97 Å². The van der Waals surface area contributed by atoms with Crippen molar-refractivity contribution in [2.75, 3.05) is 11.1 Å². The first-order valence-corrected chi connectivity index (χ1v) is 7.48. The number of benzene rings is 2. The second kappa shape index (κ2) is 8.24. The summed E-state index contributed by atoms with van der Waals surface area (Å²) in [4.78, 5) is 7.87. The zero-order valence-electron chi connectivity index (χ0n) is 12.3. The molecule has 0 saturated heterocycles. The molecule has 124 valence electrons. The first-order chi connectivity index (χ1) is 11.4. The number of phenols is 2. The normalized spacial score (nSPS) is 9.75. The van der Waals surface area contributed by atoms with E-state index in [1.165, 1.54) is 18.2 Å². The molecule has 1 aromatic heterocycles. The number of rotatable bonds is 2. The largest absolute Gasteiger partial charge is 0.508 e. The van der Waals surface area contributed by atoms with Crippen LogP contribution in [0, 0.1) is 0 Å². The number of nitrogens with two attached hydrogens (primary N) is 1. The number of hydrogen-bond acceptors (Lipinski definition) is 6. The molecule has 0 aliphatic rings. The molecule has 0 fully saturated rings. The molecule has 0 atom stereocenters. The van der Waals surface area contributed by atoms with Crippen LogP contribution in [0.25, 0.3) is 0 Å². The number of hydrogen-bond donors (Lipinski definition) is 4. The SMILES string of the molecule is Nc1cccc(O)c1.Oc1cccc(Nc2nc(Cl)cc(Cl)n2)c1. The third kappa shape index (κ3) is 5.83. The number of nitrogens with one attached hydrogen (secondary N) is 1. The Kier molecular flexibility index (Phi) is 6.06. The lowest BCUT2D eigenvalue weighted by molar-refractivity contribution is 0.475. The van der Waals surface area contributed by atoms with Crippen LogP contribution >= 0.6 is 23.2 Å². The molecule has 0 spiro atoms. The quantitative estimate of drug-likeness (QED) is 0.401. The second-order valence-corrected chi connectivity index (χ2v) is 5.38. The van der Waals surface area contributed by atoms with Crippen molar-refractivity contribution in [1.29, 1.82) is 0 Å². The Morgan fingerprint density at radius 1 is 0.833 bits per heavy atom. The average molecular weight is 365 g/mol. The zero-order chi connectivity index (χ0) is 17.5. The van der Waals surface area contributed by atoms with Gasteiger partial charge in [-0.25, -0.2) is 9.97 Å². The summed E-state index contributed by atoms with van der Waals surface area (Å²) in [7, 11) is 0. The summed E-state index contributed by atoms with van der Waals surface area (Å²) >= 11 is 11.4. The zero-order valence-corrected chi connectivity index (χ0v) is 13.8. The molecule has 0 amide bonds. The number of phenolic OH excluding ortho intramolecular Hbond substituents is 2. The third-order valence-electron chi connectivity index (χ3n) is 2.64. The van der Waals surface area contributed by atoms with Crippen molar-refractivity contribution < 1.29 is 10.2 Å². The van der Waals surface area contributed by atoms with Crippen LogP contribution in [0.5, 0.6) is 11.5 Å². The van der Waals surface area contributed by atoms with Gasteiger partial charge in [-0.2, -0.15) is 0 Å². The highest BCUT2D eigenvalue weighted by Gasteiger charge is 2.02. The summed E-state index contributed by atoms with van der Waals surface area (Å²) in [6.45, 7) is 0. The lowest BCUT2D eigenvalue weighted by Gasteiger charge is -2.05. The summed E-state index contributed by atoms with van der Waals surface area (Å²) in [5, 5.41) is 21.4. The minimum absolute atomic E-state index is 0.151. The number of nitrogen functional groups attached to an aromatic ring is 1. The fourth-order valence-electron chi connectivity index (χ4n) is 1.68. The highest BCUT2D eigenvalue weighted by Crippen LogP contribution is 2.20.